The molecule has 0 aromatic heterocycles. The van der Waals surface area contributed by atoms with Gasteiger partial charge in [-0.1, -0.05) is 11.8 Å². The number of aliphatic hydroxyl groups is 2. The number of rotatable bonds is 7. The normalized spacial score (nSPS) is 33.3. The quantitative estimate of drug-likeness (QED) is 0.162. The predicted molar refractivity (Wildman–Crippen MR) is 72.2 cm³/mol. The first-order valence-corrected chi connectivity index (χ1v) is 12.3. The Morgan fingerprint density at radius 2 is 1.91 bits per heavy atom. The van der Waals surface area contributed by atoms with Gasteiger partial charge >= 0.3 is 0 Å². The predicted octanol–water partition coefficient (Wildman–Crippen LogP) is -1.87. The van der Waals surface area contributed by atoms with Gasteiger partial charge in [-0.15, -0.1) is 0 Å². The largest absolute Gasteiger partial charge is 0.778 e. The van der Waals surface area contributed by atoms with E-state index in [0.29, 0.717) is 0 Å². The van der Waals surface area contributed by atoms with Crippen LogP contribution in [0.3, 0.4) is 0 Å². The van der Waals surface area contributed by atoms with Gasteiger partial charge in [-0.3, -0.25) is 0 Å². The van der Waals surface area contributed by atoms with Gasteiger partial charge in [-0.25, -0.2) is 0 Å². The molecule has 10 nitrogen and oxygen atoms in total. The van der Waals surface area contributed by atoms with Crippen LogP contribution in [0.4, 0.5) is 0 Å². The van der Waals surface area contributed by atoms with Crippen LogP contribution in [0.2, 0.25) is 0 Å². The van der Waals surface area contributed by atoms with Gasteiger partial charge in [0.1, 0.15) is 15.2 Å². The molecule has 4 unspecified atom stereocenters. The molecule has 1 rings (SSSR count). The van der Waals surface area contributed by atoms with Crippen LogP contribution in [0.1, 0.15) is 0 Å². The van der Waals surface area contributed by atoms with Gasteiger partial charge in [0.25, 0.3) is 0 Å². The summed E-state index contributed by atoms with van der Waals surface area (Å²) < 4.78 is 35.8. The van der Waals surface area contributed by atoms with E-state index in [2.05, 4.69) is 28.4 Å². The van der Waals surface area contributed by atoms with Crippen molar-refractivity contribution in [3.63, 3.8) is 0 Å². The van der Waals surface area contributed by atoms with Gasteiger partial charge in [-0.05, 0) is 6.10 Å². The minimum Gasteiger partial charge on any atom is -0.778 e. The minimum atomic E-state index is -5.11. The summed E-state index contributed by atoms with van der Waals surface area (Å²) in [7, 11) is -10.2. The zero-order valence-electron chi connectivity index (χ0n) is 10.6. The molecular formula is C6H11O10P3S2U-4. The average molecular weight is 638 g/mol. The average Bonchev–Trinajstić information content (AvgIpc) is 2.52. The third-order valence-corrected chi connectivity index (χ3v) is 9.01. The summed E-state index contributed by atoms with van der Waals surface area (Å²) in [5.41, 5.74) is -3.82. The van der Waals surface area contributed by atoms with E-state index in [1.165, 1.54) is 0 Å². The van der Waals surface area contributed by atoms with Crippen LogP contribution in [0.25, 0.3) is 0 Å². The molecule has 130 valence electrons. The van der Waals surface area contributed by atoms with Crippen molar-refractivity contribution in [3.8, 4) is 0 Å². The summed E-state index contributed by atoms with van der Waals surface area (Å²) >= 11 is 9.22. The molecule has 1 fully saturated rings. The number of aliphatic hydroxyl groups excluding tert-OH is 2. The van der Waals surface area contributed by atoms with E-state index in [1.54, 1.807) is 0 Å². The molecule has 1 saturated heterocycles. The molecule has 0 amide bonds. The Kier molecular flexibility index (Phi) is 10.1. The molecule has 16 heteroatoms. The smallest absolute Gasteiger partial charge is 0.148 e. The van der Waals surface area contributed by atoms with Gasteiger partial charge in [0.05, 0.1) is 30.4 Å². The molecule has 6 atom stereocenters. The fourth-order valence-corrected chi connectivity index (χ4v) is 7.64. The van der Waals surface area contributed by atoms with Crippen molar-refractivity contribution in [2.75, 3.05) is 12.5 Å². The van der Waals surface area contributed by atoms with Gasteiger partial charge in [0.15, 0.2) is 0 Å². The van der Waals surface area contributed by atoms with E-state index >= 15 is 0 Å². The first kappa shape index (κ1) is 24.2. The van der Waals surface area contributed by atoms with E-state index in [0.717, 1.165) is 6.61 Å². The molecule has 0 aromatic rings. The van der Waals surface area contributed by atoms with Gasteiger partial charge in [0.2, 0.25) is 0 Å². The Bertz CT molecular complexity index is 513. The Morgan fingerprint density at radius 3 is 2.32 bits per heavy atom. The van der Waals surface area contributed by atoms with Crippen molar-refractivity contribution in [1.82, 2.24) is 0 Å². The molecule has 0 aliphatic carbocycles. The van der Waals surface area contributed by atoms with Crippen LogP contribution in [-0.2, 0) is 46.8 Å². The maximum Gasteiger partial charge on any atom is 0.148 e. The standard InChI is InChI=1S/C6H14O10P3S2.U/c7-4-1-14-5(6(4)8)2-15-19(20,21)16-18(12,13)3-17(9,10)11;/h1,4-8H,2-3H2,(H,12,13)(H,20,21)(H2,9,10,11);/q-1;/p-3/t4?,5-,6-;/m1./s1. The molecule has 0 aromatic carbocycles. The van der Waals surface area contributed by atoms with Gasteiger partial charge in [0, 0.05) is 31.1 Å². The fraction of sp³-hybridized carbons (Fsp3) is 0.833. The van der Waals surface area contributed by atoms with Gasteiger partial charge < -0.3 is 59.8 Å². The third-order valence-electron chi connectivity index (χ3n) is 2.10. The van der Waals surface area contributed by atoms with Crippen LogP contribution in [0.5, 0.6) is 0 Å². The summed E-state index contributed by atoms with van der Waals surface area (Å²) in [5, 5.41) is 18.6. The third kappa shape index (κ3) is 9.05. The molecule has 1 heterocycles. The van der Waals surface area contributed by atoms with Crippen molar-refractivity contribution >= 4 is 44.9 Å². The second kappa shape index (κ2) is 9.22. The maximum atomic E-state index is 11.3. The summed E-state index contributed by atoms with van der Waals surface area (Å²) in [6.45, 7) is 0.480. The van der Waals surface area contributed by atoms with E-state index in [1.807, 2.05) is 0 Å². The summed E-state index contributed by atoms with van der Waals surface area (Å²) in [5.74, 6) is -1.66. The molecule has 1 aliphatic rings. The Morgan fingerprint density at radius 1 is 1.36 bits per heavy atom. The summed E-state index contributed by atoms with van der Waals surface area (Å²) in [4.78, 5) is 30.3. The topological polar surface area (TPSA) is 169 Å². The van der Waals surface area contributed by atoms with Gasteiger partial charge in [-0.2, -0.15) is 6.61 Å². The summed E-state index contributed by atoms with van der Waals surface area (Å²) in [6, 6.07) is 0. The first-order chi connectivity index (χ1) is 9.31. The van der Waals surface area contributed by atoms with Crippen molar-refractivity contribution in [3.05, 3.63) is 6.61 Å². The molecule has 1 aliphatic heterocycles. The molecule has 0 spiro atoms. The Labute approximate surface area is 160 Å². The van der Waals surface area contributed by atoms with Crippen molar-refractivity contribution in [2.45, 2.75) is 18.3 Å². The van der Waals surface area contributed by atoms with Crippen LogP contribution in [0, 0.1) is 37.7 Å². The van der Waals surface area contributed by atoms with Crippen LogP contribution >= 0.6 is 20.9 Å². The van der Waals surface area contributed by atoms with Crippen LogP contribution in [-0.4, -0.2) is 45.9 Å². The Hall–Kier alpha value is 2.19. The van der Waals surface area contributed by atoms with E-state index in [-0.39, 0.29) is 31.1 Å². The van der Waals surface area contributed by atoms with Crippen LogP contribution in [0.15, 0.2) is 0 Å². The van der Waals surface area contributed by atoms with Crippen LogP contribution < -0.4 is 9.79 Å². The van der Waals surface area contributed by atoms with E-state index < -0.39 is 51.7 Å². The molecular weight excluding hydrogens is 627 g/mol. The minimum absolute atomic E-state index is 0. The zero-order chi connectivity index (χ0) is 16.5. The fourth-order valence-electron chi connectivity index (χ4n) is 1.29. The number of hydrogen-bond donors (Lipinski definition) is 3. The summed E-state index contributed by atoms with van der Waals surface area (Å²) in [6.07, 6.45) is -3.58. The molecule has 0 saturated carbocycles. The van der Waals surface area contributed by atoms with E-state index in [4.69, 9.17) is 19.3 Å². The maximum absolute atomic E-state index is 11.3. The van der Waals surface area contributed by atoms with E-state index in [9.17, 15) is 24.0 Å². The Balaban J connectivity index is 0.00000441. The molecule has 0 radical (unpaired) electrons. The second-order valence-corrected chi connectivity index (χ2v) is 13.0. The van der Waals surface area contributed by atoms with Crippen molar-refractivity contribution in [1.29, 1.82) is 0 Å². The zero-order valence-corrected chi connectivity index (χ0v) is 19.1. The molecule has 0 bridgehead atoms. The molecule has 22 heavy (non-hydrogen) atoms. The number of ether oxygens (including phenoxy) is 1. The number of hydrogen-bond acceptors (Lipinski definition) is 11. The SMILES string of the molecule is O=P([O-])(O)CP(=O)([O-])OP(=S)([S-])OC[C@H]1O[CH-]C(O)[C@H]1O.[U]. The first-order valence-electron chi connectivity index (χ1n) is 5.16. The molecule has 3 N–H and O–H groups in total. The van der Waals surface area contributed by atoms with Crippen molar-refractivity contribution in [2.24, 2.45) is 0 Å². The second-order valence-electron chi connectivity index (χ2n) is 4.01. The monoisotopic (exact) mass is 638 g/mol. The van der Waals surface area contributed by atoms with Crippen molar-refractivity contribution < 1.29 is 78.7 Å².